The lowest BCUT2D eigenvalue weighted by Crippen LogP contribution is -2.21. The van der Waals surface area contributed by atoms with Gasteiger partial charge in [-0.15, -0.1) is 0 Å². The van der Waals surface area contributed by atoms with Gasteiger partial charge in [0.25, 0.3) is 0 Å². The number of aliphatic hydroxyl groups excluding tert-OH is 1. The van der Waals surface area contributed by atoms with Crippen LogP contribution < -0.4 is 4.90 Å². The van der Waals surface area contributed by atoms with Gasteiger partial charge in [0.2, 0.25) is 0 Å². The molecule has 1 unspecified atom stereocenters. The summed E-state index contributed by atoms with van der Waals surface area (Å²) in [6.07, 6.45) is 1.75. The largest absolute Gasteiger partial charge is 0.393 e. The Morgan fingerprint density at radius 3 is 2.75 bits per heavy atom. The fourth-order valence-corrected chi connectivity index (χ4v) is 1.22. The predicted octanol–water partition coefficient (Wildman–Crippen LogP) is 1.20. The molecule has 16 heavy (non-hydrogen) atoms. The Balaban J connectivity index is 2.63. The van der Waals surface area contributed by atoms with Crippen molar-refractivity contribution >= 4 is 11.5 Å². The molecule has 1 aromatic heterocycles. The number of hydrogen-bond donors (Lipinski definition) is 1. The monoisotopic (exact) mass is 225 g/mol. The Labute approximate surface area is 93.7 Å². The van der Waals surface area contributed by atoms with Crippen LogP contribution in [0.2, 0.25) is 0 Å². The molecule has 0 saturated carbocycles. The van der Waals surface area contributed by atoms with Crippen molar-refractivity contribution < 1.29 is 10.0 Å². The van der Waals surface area contributed by atoms with E-state index in [1.807, 2.05) is 11.9 Å². The maximum Gasteiger partial charge on any atom is 0.363 e. The normalized spacial score (nSPS) is 12.2. The third-order valence-electron chi connectivity index (χ3n) is 2.24. The summed E-state index contributed by atoms with van der Waals surface area (Å²) in [6.45, 7) is 2.40. The predicted molar refractivity (Wildman–Crippen MR) is 60.5 cm³/mol. The van der Waals surface area contributed by atoms with Crippen LogP contribution in [0.1, 0.15) is 13.3 Å². The maximum atomic E-state index is 10.4. The first-order valence-electron chi connectivity index (χ1n) is 5.00. The first-order valence-corrected chi connectivity index (χ1v) is 5.00. The van der Waals surface area contributed by atoms with E-state index >= 15 is 0 Å². The molecule has 1 heterocycles. The number of hydrogen-bond acceptors (Lipinski definition) is 5. The quantitative estimate of drug-likeness (QED) is 0.601. The van der Waals surface area contributed by atoms with Gasteiger partial charge in [0.05, 0.1) is 11.8 Å². The Morgan fingerprint density at radius 1 is 1.62 bits per heavy atom. The number of aromatic nitrogens is 1. The minimum atomic E-state index is -0.528. The summed E-state index contributed by atoms with van der Waals surface area (Å²) in [7, 11) is 1.85. The van der Waals surface area contributed by atoms with Gasteiger partial charge in [-0.1, -0.05) is 0 Å². The summed E-state index contributed by atoms with van der Waals surface area (Å²) < 4.78 is 0. The molecular formula is C10H15N3O3. The fraction of sp³-hybridized carbons (Fsp3) is 0.500. The number of rotatable bonds is 5. The molecule has 1 N–H and O–H groups in total. The van der Waals surface area contributed by atoms with Crippen LogP contribution in [0.4, 0.5) is 11.5 Å². The van der Waals surface area contributed by atoms with Crippen LogP contribution in [0.5, 0.6) is 0 Å². The second-order valence-corrected chi connectivity index (χ2v) is 3.69. The molecule has 0 spiro atoms. The van der Waals surface area contributed by atoms with E-state index < -0.39 is 4.92 Å². The fourth-order valence-electron chi connectivity index (χ4n) is 1.22. The second-order valence-electron chi connectivity index (χ2n) is 3.69. The highest BCUT2D eigenvalue weighted by molar-refractivity contribution is 5.45. The van der Waals surface area contributed by atoms with Gasteiger partial charge in [0, 0.05) is 19.7 Å². The summed E-state index contributed by atoms with van der Waals surface area (Å²) in [5, 5.41) is 19.5. The molecule has 0 aliphatic rings. The van der Waals surface area contributed by atoms with Gasteiger partial charge in [-0.2, -0.15) is 0 Å². The number of nitro groups is 1. The van der Waals surface area contributed by atoms with Gasteiger partial charge < -0.3 is 20.1 Å². The second kappa shape index (κ2) is 5.41. The van der Waals surface area contributed by atoms with Crippen LogP contribution in [0.25, 0.3) is 0 Å². The molecule has 1 rings (SSSR count). The van der Waals surface area contributed by atoms with Crippen LogP contribution in [-0.2, 0) is 0 Å². The van der Waals surface area contributed by atoms with Crippen LogP contribution >= 0.6 is 0 Å². The topological polar surface area (TPSA) is 79.5 Å². The minimum absolute atomic E-state index is 0.160. The molecule has 0 saturated heterocycles. The molecule has 0 bridgehead atoms. The molecule has 6 nitrogen and oxygen atoms in total. The summed E-state index contributed by atoms with van der Waals surface area (Å²) in [5.74, 6) is -0.160. The van der Waals surface area contributed by atoms with E-state index in [-0.39, 0.29) is 11.9 Å². The molecule has 6 heteroatoms. The minimum Gasteiger partial charge on any atom is -0.393 e. The van der Waals surface area contributed by atoms with Gasteiger partial charge in [0.1, 0.15) is 0 Å². The number of aliphatic hydroxyl groups is 1. The van der Waals surface area contributed by atoms with Crippen molar-refractivity contribution in [3.05, 3.63) is 28.4 Å². The van der Waals surface area contributed by atoms with E-state index in [0.717, 1.165) is 5.69 Å². The third-order valence-corrected chi connectivity index (χ3v) is 2.24. The highest BCUT2D eigenvalue weighted by Gasteiger charge is 2.09. The van der Waals surface area contributed by atoms with E-state index in [1.54, 1.807) is 13.0 Å². The lowest BCUT2D eigenvalue weighted by atomic mass is 10.2. The van der Waals surface area contributed by atoms with Crippen LogP contribution in [-0.4, -0.2) is 34.7 Å². The van der Waals surface area contributed by atoms with E-state index in [4.69, 9.17) is 5.11 Å². The zero-order valence-electron chi connectivity index (χ0n) is 9.33. The highest BCUT2D eigenvalue weighted by atomic mass is 16.6. The standard InChI is InChI=1S/C10H15N3O3/c1-8(14)5-6-12(2)9-3-4-10(11-7-9)13(15)16/h3-4,7-8,14H,5-6H2,1-2H3. The average molecular weight is 225 g/mol. The van der Waals surface area contributed by atoms with Gasteiger partial charge >= 0.3 is 5.82 Å². The third kappa shape index (κ3) is 3.47. The molecule has 1 atom stereocenters. The van der Waals surface area contributed by atoms with Crippen molar-refractivity contribution in [2.45, 2.75) is 19.4 Å². The van der Waals surface area contributed by atoms with E-state index in [9.17, 15) is 10.1 Å². The smallest absolute Gasteiger partial charge is 0.363 e. The summed E-state index contributed by atoms with van der Waals surface area (Å²) in [6, 6.07) is 3.02. The first-order chi connectivity index (χ1) is 7.50. The van der Waals surface area contributed by atoms with Crippen molar-refractivity contribution in [3.8, 4) is 0 Å². The van der Waals surface area contributed by atoms with Gasteiger partial charge in [-0.25, -0.2) is 0 Å². The zero-order valence-corrected chi connectivity index (χ0v) is 9.33. The van der Waals surface area contributed by atoms with E-state index in [1.165, 1.54) is 12.3 Å². The maximum absolute atomic E-state index is 10.4. The van der Waals surface area contributed by atoms with Crippen LogP contribution in [0.15, 0.2) is 18.3 Å². The molecule has 0 aromatic carbocycles. The van der Waals surface area contributed by atoms with Crippen molar-refractivity contribution in [1.82, 2.24) is 4.98 Å². The number of anilines is 1. The summed E-state index contributed by atoms with van der Waals surface area (Å²) >= 11 is 0. The average Bonchev–Trinajstić information content (AvgIpc) is 2.26. The van der Waals surface area contributed by atoms with E-state index in [2.05, 4.69) is 4.98 Å². The van der Waals surface area contributed by atoms with Crippen LogP contribution in [0, 0.1) is 10.1 Å². The van der Waals surface area contributed by atoms with Crippen molar-refractivity contribution in [1.29, 1.82) is 0 Å². The van der Waals surface area contributed by atoms with Gasteiger partial charge in [-0.05, 0) is 29.3 Å². The van der Waals surface area contributed by atoms with Gasteiger partial charge in [-0.3, -0.25) is 0 Å². The summed E-state index contributed by atoms with van der Waals surface area (Å²) in [5.41, 5.74) is 0.797. The van der Waals surface area contributed by atoms with E-state index in [0.29, 0.717) is 13.0 Å². The highest BCUT2D eigenvalue weighted by Crippen LogP contribution is 2.15. The SMILES string of the molecule is CC(O)CCN(C)c1ccc([N+](=O)[O-])nc1. The number of pyridine rings is 1. The molecule has 1 aromatic rings. The van der Waals surface area contributed by atoms with Crippen molar-refractivity contribution in [2.24, 2.45) is 0 Å². The Bertz CT molecular complexity index is 351. The first kappa shape index (κ1) is 12.4. The summed E-state index contributed by atoms with van der Waals surface area (Å²) in [4.78, 5) is 15.5. The van der Waals surface area contributed by atoms with Crippen molar-refractivity contribution in [3.63, 3.8) is 0 Å². The molecule has 0 aliphatic carbocycles. The Morgan fingerprint density at radius 2 is 2.31 bits per heavy atom. The lowest BCUT2D eigenvalue weighted by molar-refractivity contribution is -0.389. The number of nitrogens with zero attached hydrogens (tertiary/aromatic N) is 3. The van der Waals surface area contributed by atoms with Crippen LogP contribution in [0.3, 0.4) is 0 Å². The van der Waals surface area contributed by atoms with Gasteiger partial charge in [0.15, 0.2) is 6.20 Å². The molecule has 0 aliphatic heterocycles. The lowest BCUT2D eigenvalue weighted by Gasteiger charge is -2.18. The molecule has 0 fully saturated rings. The van der Waals surface area contributed by atoms with Crippen molar-refractivity contribution in [2.75, 3.05) is 18.5 Å². The molecule has 0 radical (unpaired) electrons. The molecular weight excluding hydrogens is 210 g/mol. The Kier molecular flexibility index (Phi) is 4.19. The zero-order chi connectivity index (χ0) is 12.1. The molecule has 0 amide bonds. The molecule has 88 valence electrons. The Hall–Kier alpha value is -1.69.